The van der Waals surface area contributed by atoms with Crippen molar-refractivity contribution >= 4 is 0 Å². The minimum absolute atomic E-state index is 0.0629. The first kappa shape index (κ1) is 41.5. The van der Waals surface area contributed by atoms with Crippen LogP contribution in [0.2, 0.25) is 0 Å². The van der Waals surface area contributed by atoms with Gasteiger partial charge in [-0.15, -0.1) is 0 Å². The fourth-order valence-electron chi connectivity index (χ4n) is 10.5. The lowest BCUT2D eigenvalue weighted by atomic mass is 9.72. The number of fused-ring (bicyclic) bond motifs is 3. The van der Waals surface area contributed by atoms with E-state index < -0.39 is 0 Å². The van der Waals surface area contributed by atoms with Crippen molar-refractivity contribution in [3.63, 3.8) is 0 Å². The zero-order valence-electron chi connectivity index (χ0n) is 37.8. The number of nitrogens with zero attached hydrogens (tertiary/aromatic N) is 3. The van der Waals surface area contributed by atoms with Crippen LogP contribution in [0.15, 0.2) is 230 Å². The summed E-state index contributed by atoms with van der Waals surface area (Å²) in [6.07, 6.45) is 11.1. The lowest BCUT2D eigenvalue weighted by Gasteiger charge is -2.31. The Hall–Kier alpha value is -8.19. The average molecular weight is 860 g/mol. The average Bonchev–Trinajstić information content (AvgIpc) is 3.63. The predicted molar refractivity (Wildman–Crippen MR) is 275 cm³/mol. The van der Waals surface area contributed by atoms with E-state index in [4.69, 9.17) is 9.97 Å². The van der Waals surface area contributed by atoms with Crippen molar-refractivity contribution in [1.29, 1.82) is 5.26 Å². The number of nitriles is 1. The Labute approximate surface area is 394 Å². The van der Waals surface area contributed by atoms with Crippen LogP contribution < -0.4 is 0 Å². The molecule has 2 aromatic heterocycles. The van der Waals surface area contributed by atoms with Gasteiger partial charge in [-0.05, 0) is 122 Å². The van der Waals surface area contributed by atoms with Gasteiger partial charge in [-0.25, -0.2) is 4.98 Å². The molecule has 0 spiro atoms. The van der Waals surface area contributed by atoms with Gasteiger partial charge < -0.3 is 0 Å². The highest BCUT2D eigenvalue weighted by atomic mass is 14.8. The van der Waals surface area contributed by atoms with E-state index in [0.29, 0.717) is 5.56 Å². The highest BCUT2D eigenvalue weighted by molar-refractivity contribution is 5.88. The van der Waals surface area contributed by atoms with Crippen molar-refractivity contribution < 1.29 is 0 Å². The molecule has 0 amide bonds. The summed E-state index contributed by atoms with van der Waals surface area (Å²) in [5, 5.41) is 9.76. The SMILES string of the molecule is CC1(C)c2cc(C#N)ccc2-c2ccc(-c3cccnc3-c3cc(-c4cccc(C(c5ccccc5)C(C5=CCCC=C5)c5ccccc5)c4)cc(-c4ccc(-c5ccccc5)cc4)n3)cc21. The van der Waals surface area contributed by atoms with Crippen LogP contribution in [0.1, 0.15) is 71.9 Å². The summed E-state index contributed by atoms with van der Waals surface area (Å²) in [4.78, 5) is 10.6. The Bertz CT molecular complexity index is 3370. The largest absolute Gasteiger partial charge is 0.254 e. The first-order valence-electron chi connectivity index (χ1n) is 23.3. The smallest absolute Gasteiger partial charge is 0.0991 e. The number of allylic oxidation sites excluding steroid dienone is 4. The van der Waals surface area contributed by atoms with Crippen LogP contribution in [-0.4, -0.2) is 9.97 Å². The van der Waals surface area contributed by atoms with Gasteiger partial charge in [0.05, 0.1) is 28.7 Å². The van der Waals surface area contributed by atoms with Crippen molar-refractivity contribution in [3.05, 3.63) is 264 Å². The van der Waals surface area contributed by atoms with E-state index in [2.05, 4.69) is 226 Å². The van der Waals surface area contributed by atoms with E-state index in [0.717, 1.165) is 63.3 Å². The van der Waals surface area contributed by atoms with Crippen LogP contribution in [0, 0.1) is 11.3 Å². The third-order valence-corrected chi connectivity index (χ3v) is 13.9. The third-order valence-electron chi connectivity index (χ3n) is 13.9. The molecule has 320 valence electrons. The molecule has 67 heavy (non-hydrogen) atoms. The predicted octanol–water partition coefficient (Wildman–Crippen LogP) is 16.2. The van der Waals surface area contributed by atoms with Gasteiger partial charge in [0.25, 0.3) is 0 Å². The lowest BCUT2D eigenvalue weighted by molar-refractivity contribution is 0.660. The normalized spacial score (nSPS) is 14.3. The summed E-state index contributed by atoms with van der Waals surface area (Å²) >= 11 is 0. The topological polar surface area (TPSA) is 49.6 Å². The molecule has 0 radical (unpaired) electrons. The van der Waals surface area contributed by atoms with E-state index in [9.17, 15) is 5.26 Å². The first-order valence-corrected chi connectivity index (χ1v) is 23.3. The molecule has 0 N–H and O–H groups in total. The summed E-state index contributed by atoms with van der Waals surface area (Å²) in [6, 6.07) is 74.3. The molecule has 0 bridgehead atoms. The molecular weight excluding hydrogens is 811 g/mol. The van der Waals surface area contributed by atoms with Crippen molar-refractivity contribution in [2.45, 2.75) is 43.9 Å². The molecule has 2 aliphatic carbocycles. The fourth-order valence-corrected chi connectivity index (χ4v) is 10.5. The zero-order chi connectivity index (χ0) is 45.3. The highest BCUT2D eigenvalue weighted by Gasteiger charge is 2.36. The Kier molecular flexibility index (Phi) is 10.9. The fraction of sp³-hybridized carbons (Fsp3) is 0.109. The number of aromatic nitrogens is 2. The van der Waals surface area contributed by atoms with Gasteiger partial charge in [-0.1, -0.05) is 196 Å². The maximum atomic E-state index is 9.76. The van der Waals surface area contributed by atoms with Gasteiger partial charge in [0.2, 0.25) is 0 Å². The van der Waals surface area contributed by atoms with Crippen molar-refractivity contribution in [2.75, 3.05) is 0 Å². The van der Waals surface area contributed by atoms with Crippen LogP contribution >= 0.6 is 0 Å². The molecule has 2 atom stereocenters. The molecule has 2 aliphatic rings. The highest BCUT2D eigenvalue weighted by Crippen LogP contribution is 2.51. The lowest BCUT2D eigenvalue weighted by Crippen LogP contribution is -2.16. The Morgan fingerprint density at radius 2 is 1.09 bits per heavy atom. The zero-order valence-corrected chi connectivity index (χ0v) is 37.8. The molecule has 0 aliphatic heterocycles. The van der Waals surface area contributed by atoms with Crippen LogP contribution in [0.3, 0.4) is 0 Å². The van der Waals surface area contributed by atoms with E-state index in [1.54, 1.807) is 0 Å². The van der Waals surface area contributed by atoms with Crippen LogP contribution in [0.5, 0.6) is 0 Å². The molecule has 0 saturated heterocycles. The summed E-state index contributed by atoms with van der Waals surface area (Å²) in [5.74, 6) is 0.185. The molecule has 2 unspecified atom stereocenters. The van der Waals surface area contributed by atoms with Crippen LogP contribution in [0.25, 0.3) is 67.2 Å². The maximum Gasteiger partial charge on any atom is 0.0991 e. The number of pyridine rings is 2. The summed E-state index contributed by atoms with van der Waals surface area (Å²) in [6.45, 7) is 4.52. The van der Waals surface area contributed by atoms with Gasteiger partial charge in [0, 0.05) is 34.6 Å². The summed E-state index contributed by atoms with van der Waals surface area (Å²) in [7, 11) is 0. The van der Waals surface area contributed by atoms with Gasteiger partial charge in [0.15, 0.2) is 0 Å². The maximum absolute atomic E-state index is 9.76. The minimum Gasteiger partial charge on any atom is -0.254 e. The molecule has 11 rings (SSSR count). The van der Waals surface area contributed by atoms with E-state index in [-0.39, 0.29) is 17.3 Å². The molecule has 0 saturated carbocycles. The molecule has 9 aromatic rings. The minimum atomic E-state index is -0.279. The summed E-state index contributed by atoms with van der Waals surface area (Å²) in [5.41, 5.74) is 20.6. The van der Waals surface area contributed by atoms with Gasteiger partial charge >= 0.3 is 0 Å². The van der Waals surface area contributed by atoms with Crippen LogP contribution in [0.4, 0.5) is 0 Å². The third kappa shape index (κ3) is 7.92. The molecule has 0 fully saturated rings. The van der Waals surface area contributed by atoms with E-state index in [1.807, 2.05) is 18.3 Å². The van der Waals surface area contributed by atoms with Crippen molar-refractivity contribution in [2.24, 2.45) is 0 Å². The van der Waals surface area contributed by atoms with Crippen LogP contribution in [-0.2, 0) is 5.41 Å². The van der Waals surface area contributed by atoms with Gasteiger partial charge in [-0.3, -0.25) is 4.98 Å². The number of hydrogen-bond donors (Lipinski definition) is 0. The standard InChI is InChI=1S/C64H49N3/c1-64(2)57-37-43(42-65)28-34-55(57)56-35-33-51(39-58(56)64)54-27-16-36-66-63(54)60-41-53(40-59(67-60)46-31-29-45(30-32-46)44-17-7-3-8-18-44)50-25-15-26-52(38-50)62(49-23-13-6-14-24-49)61(47-19-9-4-10-20-47)48-21-11-5-12-22-48/h3-4,6-11,13-41,61-62H,5,12H2,1-2H3. The second kappa shape index (κ2) is 17.7. The first-order chi connectivity index (χ1) is 32.9. The van der Waals surface area contributed by atoms with E-state index in [1.165, 1.54) is 50.1 Å². The Morgan fingerprint density at radius 1 is 0.478 bits per heavy atom. The number of benzene rings is 7. The monoisotopic (exact) mass is 859 g/mol. The molecular formula is C64H49N3. The Balaban J connectivity index is 1.06. The van der Waals surface area contributed by atoms with Crippen molar-refractivity contribution in [3.8, 4) is 73.2 Å². The number of rotatable bonds is 10. The Morgan fingerprint density at radius 3 is 1.81 bits per heavy atom. The van der Waals surface area contributed by atoms with Gasteiger partial charge in [0.1, 0.15) is 0 Å². The quantitative estimate of drug-likeness (QED) is 0.138. The molecule has 2 heterocycles. The second-order valence-electron chi connectivity index (χ2n) is 18.3. The summed E-state index contributed by atoms with van der Waals surface area (Å²) < 4.78 is 0. The molecule has 3 heteroatoms. The molecule has 3 nitrogen and oxygen atoms in total. The van der Waals surface area contributed by atoms with E-state index >= 15 is 0 Å². The van der Waals surface area contributed by atoms with Crippen molar-refractivity contribution in [1.82, 2.24) is 9.97 Å². The number of hydrogen-bond acceptors (Lipinski definition) is 3. The molecule has 7 aromatic carbocycles. The van der Waals surface area contributed by atoms with Gasteiger partial charge in [-0.2, -0.15) is 5.26 Å². The second-order valence-corrected chi connectivity index (χ2v) is 18.3.